The van der Waals surface area contributed by atoms with Gasteiger partial charge in [0.15, 0.2) is 5.58 Å². The van der Waals surface area contributed by atoms with Crippen LogP contribution < -0.4 is 0 Å². The first kappa shape index (κ1) is 36.8. The molecule has 4 heteroatoms. The van der Waals surface area contributed by atoms with Gasteiger partial charge in [-0.3, -0.25) is 0 Å². The van der Waals surface area contributed by atoms with Crippen LogP contribution in [0.3, 0.4) is 0 Å². The van der Waals surface area contributed by atoms with E-state index in [2.05, 4.69) is 211 Å². The Morgan fingerprint density at radius 1 is 0.419 bits per heavy atom. The van der Waals surface area contributed by atoms with Crippen molar-refractivity contribution in [2.75, 3.05) is 0 Å². The second-order valence-corrected chi connectivity index (χ2v) is 17.8. The van der Waals surface area contributed by atoms with Gasteiger partial charge in [0.05, 0.1) is 27.8 Å². The number of fused-ring (bicyclic) bond motifs is 12. The summed E-state index contributed by atoms with van der Waals surface area (Å²) in [5.41, 5.74) is 12.3. The van der Waals surface area contributed by atoms with E-state index in [4.69, 9.17) is 4.42 Å². The van der Waals surface area contributed by atoms with Gasteiger partial charge in [0, 0.05) is 65.2 Å². The molecule has 0 saturated carbocycles. The van der Waals surface area contributed by atoms with Crippen LogP contribution >= 0.6 is 0 Å². The first-order valence-corrected chi connectivity index (χ1v) is 22.4. The minimum atomic E-state index is -0.350. The monoisotopic (exact) mass is 803 g/mol. The van der Waals surface area contributed by atoms with Crippen molar-refractivity contribution in [2.45, 2.75) is 64.5 Å². The van der Waals surface area contributed by atoms with Crippen LogP contribution in [-0.2, 0) is 11.1 Å². The zero-order chi connectivity index (χ0) is 41.7. The largest absolute Gasteiger partial charge is 0.454 e. The summed E-state index contributed by atoms with van der Waals surface area (Å²) in [5, 5.41) is 9.98. The average molecular weight is 804 g/mol. The lowest BCUT2D eigenvalue weighted by molar-refractivity contribution is 0.371. The van der Waals surface area contributed by atoms with Gasteiger partial charge in [0.2, 0.25) is 0 Å². The maximum Gasteiger partial charge on any atom is 0.159 e. The zero-order valence-corrected chi connectivity index (χ0v) is 35.8. The summed E-state index contributed by atoms with van der Waals surface area (Å²) in [4.78, 5) is 0. The highest BCUT2D eigenvalue weighted by Crippen LogP contribution is 2.46. The van der Waals surface area contributed by atoms with Crippen LogP contribution in [0.15, 0.2) is 180 Å². The number of hydrogen-bond donors (Lipinski definition) is 0. The SMILES string of the molecule is CCCCC(C)(c1ccc2c(c1)c1ccccc1n2C(C)(CC)c1ccc2c(c1)c1ccccc1n2-c1cccc2c1oc1ccccc12)n1c2ccccc2c2ccccc21. The fourth-order valence-electron chi connectivity index (χ4n) is 11.2. The Bertz CT molecular complexity index is 3670. The predicted molar refractivity (Wildman–Crippen MR) is 262 cm³/mol. The van der Waals surface area contributed by atoms with Gasteiger partial charge in [-0.2, -0.15) is 0 Å². The molecule has 0 spiro atoms. The van der Waals surface area contributed by atoms with E-state index in [9.17, 15) is 0 Å². The Labute approximate surface area is 361 Å². The molecule has 0 aliphatic rings. The van der Waals surface area contributed by atoms with E-state index >= 15 is 0 Å². The highest BCUT2D eigenvalue weighted by atomic mass is 16.3. The molecule has 0 saturated heterocycles. The molecule has 4 heterocycles. The van der Waals surface area contributed by atoms with Crippen molar-refractivity contribution in [2.24, 2.45) is 0 Å². The molecule has 4 aromatic heterocycles. The molecule has 2 atom stereocenters. The van der Waals surface area contributed by atoms with Gasteiger partial charge in [-0.05, 0) is 98.5 Å². The van der Waals surface area contributed by atoms with Gasteiger partial charge >= 0.3 is 0 Å². The molecule has 0 bridgehead atoms. The lowest BCUT2D eigenvalue weighted by Crippen LogP contribution is -2.32. The molecule has 0 aliphatic carbocycles. The van der Waals surface area contributed by atoms with Crippen LogP contribution in [0.5, 0.6) is 0 Å². The van der Waals surface area contributed by atoms with Crippen molar-refractivity contribution in [1.82, 2.24) is 13.7 Å². The Kier molecular flexibility index (Phi) is 8.15. The van der Waals surface area contributed by atoms with E-state index in [-0.39, 0.29) is 11.1 Å². The molecule has 12 aromatic rings. The molecule has 4 nitrogen and oxygen atoms in total. The van der Waals surface area contributed by atoms with E-state index in [1.54, 1.807) is 0 Å². The smallest absolute Gasteiger partial charge is 0.159 e. The van der Waals surface area contributed by atoms with Crippen LogP contribution in [-0.4, -0.2) is 13.7 Å². The van der Waals surface area contributed by atoms with Gasteiger partial charge in [0.1, 0.15) is 5.58 Å². The van der Waals surface area contributed by atoms with Crippen molar-refractivity contribution in [1.29, 1.82) is 0 Å². The van der Waals surface area contributed by atoms with Gasteiger partial charge in [-0.15, -0.1) is 0 Å². The van der Waals surface area contributed by atoms with Crippen molar-refractivity contribution in [3.05, 3.63) is 187 Å². The molecule has 0 fully saturated rings. The second kappa shape index (κ2) is 13.7. The van der Waals surface area contributed by atoms with Crippen molar-refractivity contribution in [3.8, 4) is 5.69 Å². The number of para-hydroxylation sites is 6. The highest BCUT2D eigenvalue weighted by Gasteiger charge is 2.35. The molecule has 12 rings (SSSR count). The summed E-state index contributed by atoms with van der Waals surface area (Å²) in [6.07, 6.45) is 4.24. The molecule has 0 N–H and O–H groups in total. The second-order valence-electron chi connectivity index (χ2n) is 17.8. The normalized spacial score (nSPS) is 14.3. The predicted octanol–water partition coefficient (Wildman–Crippen LogP) is 16.0. The molecule has 0 radical (unpaired) electrons. The minimum Gasteiger partial charge on any atom is -0.454 e. The number of aromatic nitrogens is 3. The average Bonchev–Trinajstić information content (AvgIpc) is 4.07. The number of furan rings is 1. The van der Waals surface area contributed by atoms with Crippen molar-refractivity contribution >= 4 is 87.4 Å². The molecule has 0 aliphatic heterocycles. The Morgan fingerprint density at radius 3 is 1.50 bits per heavy atom. The van der Waals surface area contributed by atoms with Crippen molar-refractivity contribution in [3.63, 3.8) is 0 Å². The summed E-state index contributed by atoms with van der Waals surface area (Å²) in [6, 6.07) is 65.3. The highest BCUT2D eigenvalue weighted by molar-refractivity contribution is 6.14. The molecular formula is C58H49N3O. The fourth-order valence-corrected chi connectivity index (χ4v) is 11.2. The molecule has 302 valence electrons. The Morgan fingerprint density at radius 2 is 0.871 bits per heavy atom. The number of nitrogens with zero attached hydrogens (tertiary/aromatic N) is 3. The first-order valence-electron chi connectivity index (χ1n) is 22.4. The lowest BCUT2D eigenvalue weighted by atomic mass is 9.85. The van der Waals surface area contributed by atoms with Crippen molar-refractivity contribution < 1.29 is 4.42 Å². The van der Waals surface area contributed by atoms with Gasteiger partial charge in [0.25, 0.3) is 0 Å². The molecule has 2 unspecified atom stereocenters. The maximum atomic E-state index is 6.61. The number of unbranched alkanes of at least 4 members (excludes halogenated alkanes) is 1. The van der Waals surface area contributed by atoms with Crippen LogP contribution in [0.25, 0.3) is 93.0 Å². The van der Waals surface area contributed by atoms with Crippen LogP contribution in [0, 0.1) is 0 Å². The summed E-state index contributed by atoms with van der Waals surface area (Å²) in [5.74, 6) is 0. The quantitative estimate of drug-likeness (QED) is 0.143. The maximum absolute atomic E-state index is 6.61. The Hall–Kier alpha value is -7.04. The van der Waals surface area contributed by atoms with E-state index < -0.39 is 0 Å². The van der Waals surface area contributed by atoms with Crippen LogP contribution in [0.1, 0.15) is 64.5 Å². The van der Waals surface area contributed by atoms with Crippen LogP contribution in [0.4, 0.5) is 0 Å². The molecule has 0 amide bonds. The minimum absolute atomic E-state index is 0.268. The van der Waals surface area contributed by atoms with E-state index in [0.717, 1.165) is 53.3 Å². The summed E-state index contributed by atoms with van der Waals surface area (Å²) in [6.45, 7) is 9.56. The topological polar surface area (TPSA) is 27.9 Å². The van der Waals surface area contributed by atoms with Gasteiger partial charge < -0.3 is 18.1 Å². The van der Waals surface area contributed by atoms with Gasteiger partial charge in [-0.1, -0.05) is 142 Å². The summed E-state index contributed by atoms with van der Waals surface area (Å²) < 4.78 is 14.3. The lowest BCUT2D eigenvalue weighted by Gasteiger charge is -2.35. The van der Waals surface area contributed by atoms with Gasteiger partial charge in [-0.25, -0.2) is 0 Å². The number of benzene rings is 8. The first-order chi connectivity index (χ1) is 30.4. The van der Waals surface area contributed by atoms with E-state index in [1.165, 1.54) is 76.5 Å². The summed E-state index contributed by atoms with van der Waals surface area (Å²) >= 11 is 0. The standard InChI is InChI=1S/C58H49N3O/c1-5-7-35-58(4,61-50-26-14-9-19-40(50)41-20-10-15-27-51(41)61)39-32-34-53-47(37-39)43-22-11-16-28-52(43)60(53)57(3,6-2)38-31-33-49-46(36-38)42-21-8-13-25-48(42)59(49)54-29-18-24-45-44-23-12-17-30-55(44)62-56(45)54/h8-34,36-37H,5-7,35H2,1-4H3. The molecule has 8 aromatic carbocycles. The van der Waals surface area contributed by atoms with Crippen LogP contribution in [0.2, 0.25) is 0 Å². The molecule has 62 heavy (non-hydrogen) atoms. The van der Waals surface area contributed by atoms with E-state index in [1.807, 2.05) is 6.07 Å². The molecular weight excluding hydrogens is 755 g/mol. The Balaban J connectivity index is 1.06. The third-order valence-corrected chi connectivity index (χ3v) is 14.5. The number of rotatable bonds is 9. The third kappa shape index (κ3) is 5.07. The fraction of sp³-hybridized carbons (Fsp3) is 0.172. The third-order valence-electron chi connectivity index (χ3n) is 14.5. The number of hydrogen-bond acceptors (Lipinski definition) is 1. The summed E-state index contributed by atoms with van der Waals surface area (Å²) in [7, 11) is 0. The zero-order valence-electron chi connectivity index (χ0n) is 35.8. The van der Waals surface area contributed by atoms with E-state index in [0.29, 0.717) is 0 Å².